The van der Waals surface area contributed by atoms with Gasteiger partial charge in [-0.3, -0.25) is 0 Å². The first-order valence-corrected chi connectivity index (χ1v) is 13.6. The molecule has 0 spiro atoms. The van der Waals surface area contributed by atoms with Crippen molar-refractivity contribution in [3.63, 3.8) is 0 Å². The fourth-order valence-corrected chi connectivity index (χ4v) is 9.35. The molecule has 1 amide bonds. The average molecular weight is 456 g/mol. The van der Waals surface area contributed by atoms with Gasteiger partial charge in [0.2, 0.25) is 0 Å². The van der Waals surface area contributed by atoms with Gasteiger partial charge in [-0.1, -0.05) is 94.8 Å². The van der Waals surface area contributed by atoms with Gasteiger partial charge in [0.05, 0.1) is 19.3 Å². The fraction of sp³-hybridized carbons (Fsp3) is 0.500. The van der Waals surface area contributed by atoms with Crippen molar-refractivity contribution in [1.29, 1.82) is 0 Å². The second-order valence-electron chi connectivity index (χ2n) is 9.64. The third-order valence-electron chi connectivity index (χ3n) is 6.34. The maximum absolute atomic E-state index is 12.6. The highest BCUT2D eigenvalue weighted by molar-refractivity contribution is 6.99. The summed E-state index contributed by atoms with van der Waals surface area (Å²) in [5.41, 5.74) is 0. The summed E-state index contributed by atoms with van der Waals surface area (Å²) >= 11 is 0. The third-order valence-corrected chi connectivity index (χ3v) is 11.4. The van der Waals surface area contributed by atoms with Gasteiger partial charge < -0.3 is 19.2 Å². The van der Waals surface area contributed by atoms with Gasteiger partial charge in [0, 0.05) is 19.0 Å². The lowest BCUT2D eigenvalue weighted by molar-refractivity contribution is 0.102. The van der Waals surface area contributed by atoms with Gasteiger partial charge in [0.1, 0.15) is 0 Å². The molecule has 32 heavy (non-hydrogen) atoms. The van der Waals surface area contributed by atoms with Crippen LogP contribution in [0.15, 0.2) is 60.7 Å². The van der Waals surface area contributed by atoms with Crippen LogP contribution in [-0.4, -0.2) is 56.8 Å². The van der Waals surface area contributed by atoms with E-state index in [4.69, 9.17) is 9.16 Å². The lowest BCUT2D eigenvalue weighted by atomic mass is 10.1. The molecule has 0 aromatic heterocycles. The molecule has 174 valence electrons. The Hall–Kier alpha value is -2.15. The first-order chi connectivity index (χ1) is 15.3. The predicted octanol–water partition coefficient (Wildman–Crippen LogP) is 3.79. The number of rotatable bonds is 8. The van der Waals surface area contributed by atoms with Crippen LogP contribution in [0, 0.1) is 5.92 Å². The molecular formula is C26H37NO4Si. The Kier molecular flexibility index (Phi) is 8.14. The van der Waals surface area contributed by atoms with Gasteiger partial charge in [0.25, 0.3) is 8.32 Å². The summed E-state index contributed by atoms with van der Waals surface area (Å²) in [6.45, 7) is 10.1. The molecule has 1 fully saturated rings. The van der Waals surface area contributed by atoms with Crippen LogP contribution in [0.25, 0.3) is 0 Å². The maximum Gasteiger partial charge on any atom is 0.409 e. The molecule has 0 aliphatic carbocycles. The largest absolute Gasteiger partial charge is 0.449 e. The number of aliphatic hydroxyl groups excluding tert-OH is 1. The molecule has 2 unspecified atom stereocenters. The molecule has 2 aromatic carbocycles. The number of amides is 1. The number of hydrogen-bond acceptors (Lipinski definition) is 4. The van der Waals surface area contributed by atoms with Gasteiger partial charge >= 0.3 is 6.09 Å². The van der Waals surface area contributed by atoms with Crippen LogP contribution in [0.2, 0.25) is 5.04 Å². The van der Waals surface area contributed by atoms with Crippen molar-refractivity contribution >= 4 is 24.8 Å². The summed E-state index contributed by atoms with van der Waals surface area (Å²) in [4.78, 5) is 14.3. The molecule has 2 aromatic rings. The first-order valence-electron chi connectivity index (χ1n) is 11.6. The highest BCUT2D eigenvalue weighted by Crippen LogP contribution is 2.39. The van der Waals surface area contributed by atoms with E-state index in [0.29, 0.717) is 19.7 Å². The van der Waals surface area contributed by atoms with E-state index in [1.165, 1.54) is 10.4 Å². The summed E-state index contributed by atoms with van der Waals surface area (Å²) < 4.78 is 12.6. The minimum atomic E-state index is -2.76. The van der Waals surface area contributed by atoms with Gasteiger partial charge in [-0.25, -0.2) is 4.79 Å². The normalized spacial score (nSPS) is 19.2. The number of aliphatic hydroxyl groups is 1. The zero-order valence-electron chi connectivity index (χ0n) is 19.8. The lowest BCUT2D eigenvalue weighted by Gasteiger charge is -2.45. The Morgan fingerprint density at radius 1 is 1.03 bits per heavy atom. The van der Waals surface area contributed by atoms with E-state index in [1.807, 2.05) is 12.1 Å². The zero-order chi connectivity index (χ0) is 23.2. The molecule has 1 aliphatic rings. The monoisotopic (exact) mass is 455 g/mol. The summed E-state index contributed by atoms with van der Waals surface area (Å²) in [5, 5.41) is 12.4. The van der Waals surface area contributed by atoms with E-state index in [1.54, 1.807) is 4.90 Å². The topological polar surface area (TPSA) is 59.0 Å². The van der Waals surface area contributed by atoms with Crippen LogP contribution in [0.5, 0.6) is 0 Å². The second-order valence-corrected chi connectivity index (χ2v) is 13.9. The van der Waals surface area contributed by atoms with Crippen molar-refractivity contribution in [2.24, 2.45) is 5.92 Å². The number of unbranched alkanes of at least 4 members (excludes halogenated alkanes) is 1. The van der Waals surface area contributed by atoms with Crippen LogP contribution in [0.4, 0.5) is 4.79 Å². The molecule has 1 heterocycles. The molecule has 1 saturated heterocycles. The van der Waals surface area contributed by atoms with Crippen molar-refractivity contribution in [3.8, 4) is 0 Å². The van der Waals surface area contributed by atoms with Crippen LogP contribution < -0.4 is 10.4 Å². The quantitative estimate of drug-likeness (QED) is 0.486. The number of likely N-dealkylation sites (tertiary alicyclic amines) is 1. The SMILES string of the molecule is CCCCOC(=O)N1CC(CO)C(O[Si](c2ccccc2)(c2ccccc2)C(C)(C)C)C1. The van der Waals surface area contributed by atoms with E-state index in [2.05, 4.69) is 76.2 Å². The molecule has 6 heteroatoms. The van der Waals surface area contributed by atoms with E-state index in [-0.39, 0.29) is 29.8 Å². The summed E-state index contributed by atoms with van der Waals surface area (Å²) in [5.74, 6) is -0.143. The van der Waals surface area contributed by atoms with Crippen LogP contribution in [-0.2, 0) is 9.16 Å². The molecule has 0 radical (unpaired) electrons. The molecule has 0 saturated carbocycles. The number of ether oxygens (including phenoxy) is 1. The molecule has 2 atom stereocenters. The Morgan fingerprint density at radius 3 is 2.06 bits per heavy atom. The number of benzene rings is 2. The smallest absolute Gasteiger partial charge is 0.409 e. The standard InChI is InChI=1S/C26H37NO4Si/c1-5-6-17-30-25(29)27-18-21(20-28)24(19-27)31-32(26(2,3)4,22-13-9-7-10-14-22)23-15-11-8-12-16-23/h7-16,21,24,28H,5-6,17-20H2,1-4H3. The highest BCUT2D eigenvalue weighted by Gasteiger charge is 2.53. The molecule has 3 rings (SSSR count). The molecule has 5 nitrogen and oxygen atoms in total. The number of carbonyl (C=O) groups is 1. The van der Waals surface area contributed by atoms with Gasteiger partial charge in [0.15, 0.2) is 0 Å². The van der Waals surface area contributed by atoms with Gasteiger partial charge in [-0.15, -0.1) is 0 Å². The second kappa shape index (κ2) is 10.6. The average Bonchev–Trinajstić information content (AvgIpc) is 3.21. The van der Waals surface area contributed by atoms with Crippen molar-refractivity contribution in [2.75, 3.05) is 26.3 Å². The van der Waals surface area contributed by atoms with Crippen LogP contribution in [0.1, 0.15) is 40.5 Å². The lowest BCUT2D eigenvalue weighted by Crippen LogP contribution is -2.68. The summed E-state index contributed by atoms with van der Waals surface area (Å²) in [7, 11) is -2.76. The highest BCUT2D eigenvalue weighted by atomic mass is 28.4. The van der Waals surface area contributed by atoms with Crippen molar-refractivity contribution in [2.45, 2.75) is 51.7 Å². The Morgan fingerprint density at radius 2 is 1.59 bits per heavy atom. The van der Waals surface area contributed by atoms with Gasteiger partial charge in [-0.2, -0.15) is 0 Å². The van der Waals surface area contributed by atoms with Gasteiger partial charge in [-0.05, 0) is 21.8 Å². The van der Waals surface area contributed by atoms with E-state index < -0.39 is 8.32 Å². The fourth-order valence-electron chi connectivity index (χ4n) is 4.61. The summed E-state index contributed by atoms with van der Waals surface area (Å²) in [6.07, 6.45) is 1.26. The minimum absolute atomic E-state index is 0.0262. The molecule has 0 bridgehead atoms. The van der Waals surface area contributed by atoms with E-state index in [0.717, 1.165) is 12.8 Å². The third kappa shape index (κ3) is 5.08. The zero-order valence-corrected chi connectivity index (χ0v) is 20.8. The minimum Gasteiger partial charge on any atom is -0.449 e. The maximum atomic E-state index is 12.6. The first kappa shape index (κ1) is 24.5. The van der Waals surface area contributed by atoms with E-state index >= 15 is 0 Å². The predicted molar refractivity (Wildman–Crippen MR) is 131 cm³/mol. The van der Waals surface area contributed by atoms with Crippen LogP contribution in [0.3, 0.4) is 0 Å². The van der Waals surface area contributed by atoms with Crippen molar-refractivity contribution in [3.05, 3.63) is 60.7 Å². The van der Waals surface area contributed by atoms with Crippen molar-refractivity contribution < 1.29 is 19.1 Å². The Labute approximate surface area is 193 Å². The summed E-state index contributed by atoms with van der Waals surface area (Å²) in [6, 6.07) is 20.9. The molecular weight excluding hydrogens is 418 g/mol. The van der Waals surface area contributed by atoms with Crippen molar-refractivity contribution in [1.82, 2.24) is 4.90 Å². The Bertz CT molecular complexity index is 814. The number of carbonyl (C=O) groups excluding carboxylic acids is 1. The Balaban J connectivity index is 1.97. The number of nitrogens with zero attached hydrogens (tertiary/aromatic N) is 1. The van der Waals surface area contributed by atoms with E-state index in [9.17, 15) is 9.90 Å². The molecule has 1 N–H and O–H groups in total. The molecule has 1 aliphatic heterocycles. The number of hydrogen-bond donors (Lipinski definition) is 1. The van der Waals surface area contributed by atoms with Crippen LogP contribution >= 0.6 is 0 Å².